The van der Waals surface area contributed by atoms with E-state index in [-0.39, 0.29) is 11.4 Å². The fraction of sp³-hybridized carbons (Fsp3) is 0.0769. The average Bonchev–Trinajstić information content (AvgIpc) is 2.41. The van der Waals surface area contributed by atoms with Crippen molar-refractivity contribution in [3.63, 3.8) is 0 Å². The van der Waals surface area contributed by atoms with Crippen molar-refractivity contribution in [1.82, 2.24) is 4.72 Å². The van der Waals surface area contributed by atoms with Gasteiger partial charge in [0.25, 0.3) is 0 Å². The van der Waals surface area contributed by atoms with Gasteiger partial charge in [-0.2, -0.15) is 0 Å². The van der Waals surface area contributed by atoms with Gasteiger partial charge in [-0.15, -0.1) is 0 Å². The van der Waals surface area contributed by atoms with Gasteiger partial charge in [-0.3, -0.25) is 0 Å². The van der Waals surface area contributed by atoms with Crippen molar-refractivity contribution in [2.45, 2.75) is 11.4 Å². The smallest absolute Gasteiger partial charge is 0.207 e. The third-order valence-electron chi connectivity index (χ3n) is 2.51. The number of nitrogens with one attached hydrogen (secondary N) is 1. The van der Waals surface area contributed by atoms with Crippen molar-refractivity contribution >= 4 is 26.0 Å². The average molecular weight is 344 g/mol. The zero-order valence-corrected chi connectivity index (χ0v) is 12.2. The van der Waals surface area contributed by atoms with Crippen molar-refractivity contribution in [3.8, 4) is 0 Å². The molecule has 3 nitrogen and oxygen atoms in total. The summed E-state index contributed by atoms with van der Waals surface area (Å²) in [5.41, 5.74) is 0.541. The number of halogens is 2. The number of hydrogen-bond acceptors (Lipinski definition) is 2. The van der Waals surface area contributed by atoms with E-state index >= 15 is 0 Å². The topological polar surface area (TPSA) is 46.2 Å². The summed E-state index contributed by atoms with van der Waals surface area (Å²) >= 11 is 3.25. The lowest BCUT2D eigenvalue weighted by molar-refractivity contribution is 0.580. The minimum Gasteiger partial charge on any atom is -0.207 e. The summed E-state index contributed by atoms with van der Waals surface area (Å²) in [6, 6.07) is 12.2. The number of rotatable bonds is 4. The molecule has 0 aliphatic heterocycles. The highest BCUT2D eigenvalue weighted by Crippen LogP contribution is 2.18. The number of benzene rings is 2. The Balaban J connectivity index is 2.17. The van der Waals surface area contributed by atoms with Gasteiger partial charge < -0.3 is 0 Å². The third kappa shape index (κ3) is 3.62. The van der Waals surface area contributed by atoms with E-state index in [1.165, 1.54) is 24.3 Å². The van der Waals surface area contributed by atoms with Crippen LogP contribution in [0.5, 0.6) is 0 Å². The van der Waals surface area contributed by atoms with Crippen LogP contribution in [0.25, 0.3) is 0 Å². The van der Waals surface area contributed by atoms with Crippen LogP contribution in [0.1, 0.15) is 5.56 Å². The van der Waals surface area contributed by atoms with E-state index in [0.29, 0.717) is 10.0 Å². The van der Waals surface area contributed by atoms with E-state index in [0.717, 1.165) is 0 Å². The molecule has 0 saturated carbocycles. The normalized spacial score (nSPS) is 11.5. The molecule has 0 atom stereocenters. The van der Waals surface area contributed by atoms with E-state index in [9.17, 15) is 12.8 Å². The highest BCUT2D eigenvalue weighted by atomic mass is 79.9. The Morgan fingerprint density at radius 2 is 1.79 bits per heavy atom. The van der Waals surface area contributed by atoms with E-state index in [1.807, 2.05) is 0 Å². The number of hydrogen-bond donors (Lipinski definition) is 1. The maximum absolute atomic E-state index is 13.1. The van der Waals surface area contributed by atoms with Crippen LogP contribution < -0.4 is 4.72 Å². The van der Waals surface area contributed by atoms with E-state index in [1.54, 1.807) is 24.3 Å². The summed E-state index contributed by atoms with van der Waals surface area (Å²) in [6.07, 6.45) is 0. The second kappa shape index (κ2) is 5.81. The molecule has 0 fully saturated rings. The van der Waals surface area contributed by atoms with Crippen LogP contribution in [0.15, 0.2) is 57.9 Å². The molecular weight excluding hydrogens is 333 g/mol. The summed E-state index contributed by atoms with van der Waals surface area (Å²) in [6.45, 7) is 0.0234. The molecule has 0 saturated heterocycles. The molecule has 0 radical (unpaired) electrons. The fourth-order valence-corrected chi connectivity index (χ4v) is 2.95. The molecule has 2 aromatic carbocycles. The van der Waals surface area contributed by atoms with Crippen molar-refractivity contribution in [3.05, 3.63) is 64.4 Å². The summed E-state index contributed by atoms with van der Waals surface area (Å²) in [5, 5.41) is 0. The molecule has 2 aromatic rings. The largest absolute Gasteiger partial charge is 0.240 e. The van der Waals surface area contributed by atoms with Crippen LogP contribution in [0.3, 0.4) is 0 Å². The molecule has 0 spiro atoms. The van der Waals surface area contributed by atoms with Crippen molar-refractivity contribution in [2.24, 2.45) is 0 Å². The predicted octanol–water partition coefficient (Wildman–Crippen LogP) is 3.07. The Morgan fingerprint density at radius 1 is 1.11 bits per heavy atom. The molecule has 0 amide bonds. The second-order valence-corrected chi connectivity index (χ2v) is 6.49. The highest BCUT2D eigenvalue weighted by molar-refractivity contribution is 9.10. The summed E-state index contributed by atoms with van der Waals surface area (Å²) in [7, 11) is -3.58. The predicted molar refractivity (Wildman–Crippen MR) is 74.6 cm³/mol. The van der Waals surface area contributed by atoms with Gasteiger partial charge in [0.1, 0.15) is 5.82 Å². The first-order valence-electron chi connectivity index (χ1n) is 5.48. The minimum absolute atomic E-state index is 0.0234. The molecule has 0 aromatic heterocycles. The summed E-state index contributed by atoms with van der Waals surface area (Å²) < 4.78 is 40.1. The summed E-state index contributed by atoms with van der Waals surface area (Å²) in [5.74, 6) is -0.405. The van der Waals surface area contributed by atoms with Crippen LogP contribution in [0, 0.1) is 5.82 Å². The maximum Gasteiger partial charge on any atom is 0.240 e. The Labute approximate surface area is 119 Å². The van der Waals surface area contributed by atoms with Crippen molar-refractivity contribution in [1.29, 1.82) is 0 Å². The standard InChI is InChI=1S/C13H11BrFNO2S/c14-13-7-6-11(15)8-10(13)9-16-19(17,18)12-4-2-1-3-5-12/h1-8,16H,9H2. The van der Waals surface area contributed by atoms with Crippen LogP contribution >= 0.6 is 15.9 Å². The second-order valence-electron chi connectivity index (χ2n) is 3.87. The lowest BCUT2D eigenvalue weighted by Crippen LogP contribution is -2.23. The first-order valence-corrected chi connectivity index (χ1v) is 7.75. The minimum atomic E-state index is -3.58. The lowest BCUT2D eigenvalue weighted by Gasteiger charge is -2.08. The van der Waals surface area contributed by atoms with Gasteiger partial charge in [-0.25, -0.2) is 17.5 Å². The molecule has 0 aliphatic carbocycles. The van der Waals surface area contributed by atoms with Crippen molar-refractivity contribution in [2.75, 3.05) is 0 Å². The van der Waals surface area contributed by atoms with Crippen LogP contribution in [0.4, 0.5) is 4.39 Å². The zero-order chi connectivity index (χ0) is 13.9. The maximum atomic E-state index is 13.1. The SMILES string of the molecule is O=S(=O)(NCc1cc(F)ccc1Br)c1ccccc1. The monoisotopic (exact) mass is 343 g/mol. The molecule has 0 aliphatic rings. The lowest BCUT2D eigenvalue weighted by atomic mass is 10.2. The number of sulfonamides is 1. The van der Waals surface area contributed by atoms with Gasteiger partial charge in [0.15, 0.2) is 0 Å². The van der Waals surface area contributed by atoms with Gasteiger partial charge >= 0.3 is 0 Å². The Bertz CT molecular complexity index is 674. The van der Waals surface area contributed by atoms with E-state index in [4.69, 9.17) is 0 Å². The van der Waals surface area contributed by atoms with E-state index in [2.05, 4.69) is 20.7 Å². The van der Waals surface area contributed by atoms with Crippen LogP contribution in [-0.2, 0) is 16.6 Å². The Morgan fingerprint density at radius 3 is 2.47 bits per heavy atom. The molecule has 100 valence electrons. The zero-order valence-electron chi connectivity index (χ0n) is 9.81. The molecule has 0 unspecified atom stereocenters. The van der Waals surface area contributed by atoms with E-state index < -0.39 is 15.8 Å². The molecule has 1 N–H and O–H groups in total. The van der Waals surface area contributed by atoms with Crippen LogP contribution in [0.2, 0.25) is 0 Å². The highest BCUT2D eigenvalue weighted by Gasteiger charge is 2.13. The van der Waals surface area contributed by atoms with Crippen LogP contribution in [-0.4, -0.2) is 8.42 Å². The fourth-order valence-electron chi connectivity index (χ4n) is 1.53. The van der Waals surface area contributed by atoms with Gasteiger partial charge in [-0.05, 0) is 35.9 Å². The molecule has 19 heavy (non-hydrogen) atoms. The molecule has 2 rings (SSSR count). The summed E-state index contributed by atoms with van der Waals surface area (Å²) in [4.78, 5) is 0.183. The van der Waals surface area contributed by atoms with Gasteiger partial charge in [-0.1, -0.05) is 34.1 Å². The molecule has 0 bridgehead atoms. The van der Waals surface area contributed by atoms with Gasteiger partial charge in [0.2, 0.25) is 10.0 Å². The molecular formula is C13H11BrFNO2S. The Kier molecular flexibility index (Phi) is 4.34. The third-order valence-corrected chi connectivity index (χ3v) is 4.70. The molecule has 6 heteroatoms. The van der Waals surface area contributed by atoms with Crippen molar-refractivity contribution < 1.29 is 12.8 Å². The first kappa shape index (κ1) is 14.2. The first-order chi connectivity index (χ1) is 8.99. The Hall–Kier alpha value is -1.24. The molecule has 0 heterocycles. The van der Waals surface area contributed by atoms with Gasteiger partial charge in [0.05, 0.1) is 4.90 Å². The quantitative estimate of drug-likeness (QED) is 0.927. The van der Waals surface area contributed by atoms with Gasteiger partial charge in [0, 0.05) is 11.0 Å².